The highest BCUT2D eigenvalue weighted by atomic mass is 35.5. The third-order valence-electron chi connectivity index (χ3n) is 5.04. The van der Waals surface area contributed by atoms with Crippen molar-refractivity contribution in [2.75, 3.05) is 23.3 Å². The van der Waals surface area contributed by atoms with E-state index in [4.69, 9.17) is 16.3 Å². The van der Waals surface area contributed by atoms with Crippen molar-refractivity contribution < 1.29 is 19.2 Å². The van der Waals surface area contributed by atoms with Gasteiger partial charge < -0.3 is 15.0 Å². The quantitative estimate of drug-likeness (QED) is 0.404. The van der Waals surface area contributed by atoms with Gasteiger partial charge in [0.2, 0.25) is 0 Å². The number of amides is 1. The third kappa shape index (κ3) is 5.69. The Kier molecular flexibility index (Phi) is 7.06. The molecular formula is C21H23ClN4O5. The van der Waals surface area contributed by atoms with Crippen LogP contribution >= 0.6 is 11.6 Å². The minimum Gasteiger partial charge on any atom is -0.449 e. The van der Waals surface area contributed by atoms with Crippen LogP contribution in [-0.4, -0.2) is 41.0 Å². The number of hydrogen-bond acceptors (Lipinski definition) is 7. The van der Waals surface area contributed by atoms with Gasteiger partial charge in [0.05, 0.1) is 15.5 Å². The van der Waals surface area contributed by atoms with Crippen LogP contribution in [0, 0.1) is 16.0 Å². The highest BCUT2D eigenvalue weighted by Gasteiger charge is 2.26. The summed E-state index contributed by atoms with van der Waals surface area (Å²) in [6.45, 7) is 4.96. The highest BCUT2D eigenvalue weighted by molar-refractivity contribution is 6.30. The number of hydrogen-bond donors (Lipinski definition) is 1. The Bertz CT molecular complexity index is 982. The second-order valence-corrected chi connectivity index (χ2v) is 7.99. The molecule has 1 saturated heterocycles. The minimum absolute atomic E-state index is 0.00442. The number of anilines is 2. The average Bonchev–Trinajstić information content (AvgIpc) is 2.74. The van der Waals surface area contributed by atoms with Crippen molar-refractivity contribution in [1.82, 2.24) is 4.98 Å². The van der Waals surface area contributed by atoms with Crippen LogP contribution in [0.1, 0.15) is 37.0 Å². The Morgan fingerprint density at radius 1 is 1.35 bits per heavy atom. The zero-order chi connectivity index (χ0) is 22.5. The molecule has 31 heavy (non-hydrogen) atoms. The van der Waals surface area contributed by atoms with Crippen molar-refractivity contribution in [2.45, 2.75) is 32.8 Å². The number of ether oxygens (including phenoxy) is 1. The number of piperidine rings is 1. The van der Waals surface area contributed by atoms with E-state index in [2.05, 4.69) is 17.2 Å². The standard InChI is InChI=1S/C21H23ClN4O5/c1-13-4-3-9-25(12-13)17-7-5-15(10-18(17)26(29)30)21(28)31-14(2)20(27)24-19-8-6-16(22)11-23-19/h5-8,10-11,13-14H,3-4,9,12H2,1-2H3,(H,23,24,27). The van der Waals surface area contributed by atoms with Crippen molar-refractivity contribution in [2.24, 2.45) is 5.92 Å². The Labute approximate surface area is 184 Å². The molecule has 2 heterocycles. The first kappa shape index (κ1) is 22.5. The lowest BCUT2D eigenvalue weighted by molar-refractivity contribution is -0.384. The summed E-state index contributed by atoms with van der Waals surface area (Å²) >= 11 is 5.75. The van der Waals surface area contributed by atoms with E-state index in [9.17, 15) is 19.7 Å². The van der Waals surface area contributed by atoms with Crippen molar-refractivity contribution >= 4 is 40.7 Å². The van der Waals surface area contributed by atoms with Crippen LogP contribution in [-0.2, 0) is 9.53 Å². The molecule has 0 aliphatic carbocycles. The monoisotopic (exact) mass is 446 g/mol. The summed E-state index contributed by atoms with van der Waals surface area (Å²) in [4.78, 5) is 41.8. The number of aromatic nitrogens is 1. The predicted octanol–water partition coefficient (Wildman–Crippen LogP) is 4.06. The van der Waals surface area contributed by atoms with Crippen LogP contribution in [0.15, 0.2) is 36.5 Å². The molecule has 0 radical (unpaired) electrons. The molecule has 2 unspecified atom stereocenters. The molecule has 3 rings (SSSR count). The van der Waals surface area contributed by atoms with Crippen LogP contribution in [0.4, 0.5) is 17.2 Å². The molecule has 1 aromatic heterocycles. The van der Waals surface area contributed by atoms with E-state index < -0.39 is 22.9 Å². The fraction of sp³-hybridized carbons (Fsp3) is 0.381. The molecule has 1 aliphatic heterocycles. The molecule has 1 amide bonds. The SMILES string of the molecule is CC1CCCN(c2ccc(C(=O)OC(C)C(=O)Nc3ccc(Cl)cn3)cc2[N+](=O)[O-])C1. The second kappa shape index (κ2) is 9.74. The molecule has 2 aromatic rings. The van der Waals surface area contributed by atoms with Gasteiger partial charge in [-0.15, -0.1) is 0 Å². The van der Waals surface area contributed by atoms with Gasteiger partial charge in [-0.2, -0.15) is 0 Å². The van der Waals surface area contributed by atoms with Crippen molar-refractivity contribution in [1.29, 1.82) is 0 Å². The van der Waals surface area contributed by atoms with Gasteiger partial charge in [0, 0.05) is 25.4 Å². The molecule has 0 bridgehead atoms. The third-order valence-corrected chi connectivity index (χ3v) is 5.26. The number of rotatable bonds is 6. The maximum Gasteiger partial charge on any atom is 0.339 e. The van der Waals surface area contributed by atoms with Crippen LogP contribution in [0.25, 0.3) is 0 Å². The van der Waals surface area contributed by atoms with Gasteiger partial charge in [-0.25, -0.2) is 9.78 Å². The van der Waals surface area contributed by atoms with E-state index in [0.29, 0.717) is 16.6 Å². The first-order valence-corrected chi connectivity index (χ1v) is 10.3. The average molecular weight is 447 g/mol. The molecule has 0 saturated carbocycles. The number of pyridine rings is 1. The molecule has 1 N–H and O–H groups in total. The summed E-state index contributed by atoms with van der Waals surface area (Å²) in [6, 6.07) is 7.32. The van der Waals surface area contributed by atoms with E-state index in [1.807, 2.05) is 4.90 Å². The van der Waals surface area contributed by atoms with Gasteiger partial charge in [-0.05, 0) is 49.9 Å². The number of esters is 1. The number of nitro benzene ring substituents is 1. The van der Waals surface area contributed by atoms with Crippen LogP contribution in [0.5, 0.6) is 0 Å². The summed E-state index contributed by atoms with van der Waals surface area (Å²) in [5.74, 6) is -0.717. The topological polar surface area (TPSA) is 115 Å². The zero-order valence-corrected chi connectivity index (χ0v) is 18.0. The fourth-order valence-electron chi connectivity index (χ4n) is 3.43. The normalized spacial score (nSPS) is 17.0. The number of carbonyl (C=O) groups excluding carboxylic acids is 2. The second-order valence-electron chi connectivity index (χ2n) is 7.55. The molecule has 2 atom stereocenters. The van der Waals surface area contributed by atoms with Gasteiger partial charge in [0.1, 0.15) is 11.5 Å². The largest absolute Gasteiger partial charge is 0.449 e. The number of nitrogens with zero attached hydrogens (tertiary/aromatic N) is 3. The fourth-order valence-corrected chi connectivity index (χ4v) is 3.54. The zero-order valence-electron chi connectivity index (χ0n) is 17.2. The van der Waals surface area contributed by atoms with Gasteiger partial charge in [-0.3, -0.25) is 14.9 Å². The smallest absolute Gasteiger partial charge is 0.339 e. The van der Waals surface area contributed by atoms with Gasteiger partial charge in [-0.1, -0.05) is 18.5 Å². The number of carbonyl (C=O) groups is 2. The Morgan fingerprint density at radius 2 is 2.13 bits per heavy atom. The lowest BCUT2D eigenvalue weighted by atomic mass is 9.99. The minimum atomic E-state index is -1.13. The molecule has 164 valence electrons. The van der Waals surface area contributed by atoms with Crippen LogP contribution < -0.4 is 10.2 Å². The maximum atomic E-state index is 12.5. The van der Waals surface area contributed by atoms with Gasteiger partial charge in [0.25, 0.3) is 11.6 Å². The number of nitrogens with one attached hydrogen (secondary N) is 1. The Morgan fingerprint density at radius 3 is 2.77 bits per heavy atom. The van der Waals surface area contributed by atoms with Gasteiger partial charge >= 0.3 is 5.97 Å². The molecular weight excluding hydrogens is 424 g/mol. The van der Waals surface area contributed by atoms with E-state index >= 15 is 0 Å². The number of benzene rings is 1. The molecule has 1 aromatic carbocycles. The van der Waals surface area contributed by atoms with Crippen molar-refractivity contribution in [3.8, 4) is 0 Å². The maximum absolute atomic E-state index is 12.5. The Hall–Kier alpha value is -3.20. The molecule has 10 heteroatoms. The summed E-state index contributed by atoms with van der Waals surface area (Å²) in [5, 5.41) is 14.6. The number of halogens is 1. The predicted molar refractivity (Wildman–Crippen MR) is 116 cm³/mol. The van der Waals surface area contributed by atoms with Crippen molar-refractivity contribution in [3.05, 3.63) is 57.2 Å². The number of nitro groups is 1. The van der Waals surface area contributed by atoms with Crippen molar-refractivity contribution in [3.63, 3.8) is 0 Å². The van der Waals surface area contributed by atoms with Crippen LogP contribution in [0.2, 0.25) is 5.02 Å². The van der Waals surface area contributed by atoms with Crippen LogP contribution in [0.3, 0.4) is 0 Å². The van der Waals surface area contributed by atoms with E-state index in [1.54, 1.807) is 12.1 Å². The Balaban J connectivity index is 1.70. The molecule has 1 fully saturated rings. The van der Waals surface area contributed by atoms with E-state index in [0.717, 1.165) is 25.9 Å². The van der Waals surface area contributed by atoms with E-state index in [1.165, 1.54) is 31.3 Å². The summed E-state index contributed by atoms with van der Waals surface area (Å²) in [6.07, 6.45) is 2.28. The lowest BCUT2D eigenvalue weighted by Gasteiger charge is -2.32. The van der Waals surface area contributed by atoms with E-state index in [-0.39, 0.29) is 17.1 Å². The molecule has 0 spiro atoms. The lowest BCUT2D eigenvalue weighted by Crippen LogP contribution is -2.34. The summed E-state index contributed by atoms with van der Waals surface area (Å²) < 4.78 is 5.19. The molecule has 1 aliphatic rings. The first-order chi connectivity index (χ1) is 14.7. The highest BCUT2D eigenvalue weighted by Crippen LogP contribution is 2.32. The summed E-state index contributed by atoms with van der Waals surface area (Å²) in [5.41, 5.74) is 0.323. The summed E-state index contributed by atoms with van der Waals surface area (Å²) in [7, 11) is 0. The van der Waals surface area contributed by atoms with Gasteiger partial charge in [0.15, 0.2) is 6.10 Å². The molecule has 9 nitrogen and oxygen atoms in total. The first-order valence-electron chi connectivity index (χ1n) is 9.91.